The first kappa shape index (κ1) is 9.38. The molecule has 0 aliphatic heterocycles. The number of aryl methyl sites for hydroxylation is 1. The average molecular weight is 191 g/mol. The minimum atomic E-state index is -4.72. The van der Waals surface area contributed by atoms with Crippen molar-refractivity contribution < 1.29 is 18.3 Å². The number of nitriles is 1. The number of hydrogen-bond donors (Lipinski definition) is 1. The maximum atomic E-state index is 12.1. The third-order valence-corrected chi connectivity index (χ3v) is 1.40. The fourth-order valence-electron chi connectivity index (χ4n) is 0.816. The van der Waals surface area contributed by atoms with Gasteiger partial charge in [0.15, 0.2) is 5.69 Å². The van der Waals surface area contributed by atoms with Gasteiger partial charge >= 0.3 is 6.18 Å². The highest BCUT2D eigenvalue weighted by Gasteiger charge is 2.39. The molecule has 1 aromatic rings. The Kier molecular flexibility index (Phi) is 1.92. The van der Waals surface area contributed by atoms with Crippen molar-refractivity contribution in [2.75, 3.05) is 0 Å². The molecule has 0 aromatic carbocycles. The van der Waals surface area contributed by atoms with Gasteiger partial charge in [-0.25, -0.2) is 4.68 Å². The summed E-state index contributed by atoms with van der Waals surface area (Å²) in [5.74, 6) is -0.783. The van der Waals surface area contributed by atoms with Gasteiger partial charge in [-0.2, -0.15) is 23.5 Å². The molecule has 0 radical (unpaired) electrons. The number of halogens is 3. The minimum Gasteiger partial charge on any atom is -0.492 e. The summed E-state index contributed by atoms with van der Waals surface area (Å²) in [6.07, 6.45) is -4.72. The smallest absolute Gasteiger partial charge is 0.436 e. The fraction of sp³-hybridized carbons (Fsp3) is 0.333. The normalized spacial score (nSPS) is 11.3. The highest BCUT2D eigenvalue weighted by molar-refractivity contribution is 5.42. The number of aromatic hydroxyl groups is 1. The fourth-order valence-corrected chi connectivity index (χ4v) is 0.816. The van der Waals surface area contributed by atoms with Gasteiger partial charge in [-0.1, -0.05) is 0 Å². The summed E-state index contributed by atoms with van der Waals surface area (Å²) in [4.78, 5) is 0. The Morgan fingerprint density at radius 3 is 2.38 bits per heavy atom. The van der Waals surface area contributed by atoms with Gasteiger partial charge < -0.3 is 5.11 Å². The van der Waals surface area contributed by atoms with Crippen molar-refractivity contribution in [3.63, 3.8) is 0 Å². The Bertz CT molecular complexity index is 374. The quantitative estimate of drug-likeness (QED) is 0.665. The van der Waals surface area contributed by atoms with Crippen LogP contribution in [0.1, 0.15) is 11.3 Å². The molecular weight excluding hydrogens is 187 g/mol. The van der Waals surface area contributed by atoms with Gasteiger partial charge in [-0.3, -0.25) is 0 Å². The molecule has 70 valence electrons. The van der Waals surface area contributed by atoms with E-state index in [2.05, 4.69) is 5.10 Å². The van der Waals surface area contributed by atoms with Crippen LogP contribution in [-0.2, 0) is 13.2 Å². The average Bonchev–Trinajstić information content (AvgIpc) is 2.28. The van der Waals surface area contributed by atoms with Crippen molar-refractivity contribution in [2.24, 2.45) is 7.05 Å². The summed E-state index contributed by atoms with van der Waals surface area (Å²) >= 11 is 0. The van der Waals surface area contributed by atoms with Crippen LogP contribution in [0.15, 0.2) is 0 Å². The summed E-state index contributed by atoms with van der Waals surface area (Å²) < 4.78 is 36.9. The molecule has 0 aliphatic rings. The molecule has 0 spiro atoms. The van der Waals surface area contributed by atoms with Crippen LogP contribution >= 0.6 is 0 Å². The van der Waals surface area contributed by atoms with Crippen LogP contribution in [0, 0.1) is 11.3 Å². The monoisotopic (exact) mass is 191 g/mol. The van der Waals surface area contributed by atoms with Gasteiger partial charge in [0.2, 0.25) is 5.88 Å². The third kappa shape index (κ3) is 1.42. The number of hydrogen-bond acceptors (Lipinski definition) is 3. The van der Waals surface area contributed by atoms with Gasteiger partial charge in [0.25, 0.3) is 0 Å². The van der Waals surface area contributed by atoms with E-state index >= 15 is 0 Å². The van der Waals surface area contributed by atoms with Crippen molar-refractivity contribution in [1.29, 1.82) is 5.26 Å². The van der Waals surface area contributed by atoms with Crippen molar-refractivity contribution in [1.82, 2.24) is 9.78 Å². The second kappa shape index (κ2) is 2.65. The molecule has 0 aliphatic carbocycles. The zero-order valence-electron chi connectivity index (χ0n) is 6.42. The molecule has 1 heterocycles. The molecule has 4 nitrogen and oxygen atoms in total. The maximum Gasteiger partial charge on any atom is 0.436 e. The molecule has 13 heavy (non-hydrogen) atoms. The van der Waals surface area contributed by atoms with E-state index in [9.17, 15) is 13.2 Å². The Hall–Kier alpha value is -1.71. The Morgan fingerprint density at radius 2 is 2.08 bits per heavy atom. The number of aromatic nitrogens is 2. The summed E-state index contributed by atoms with van der Waals surface area (Å²) in [6.45, 7) is 0. The van der Waals surface area contributed by atoms with E-state index in [1.54, 1.807) is 0 Å². The van der Waals surface area contributed by atoms with Gasteiger partial charge in [0, 0.05) is 7.05 Å². The third-order valence-electron chi connectivity index (χ3n) is 1.40. The molecule has 0 saturated carbocycles. The first-order valence-electron chi connectivity index (χ1n) is 3.11. The number of nitrogens with zero attached hydrogens (tertiary/aromatic N) is 3. The van der Waals surface area contributed by atoms with Crippen LogP contribution in [0.4, 0.5) is 13.2 Å². The van der Waals surface area contributed by atoms with E-state index in [4.69, 9.17) is 10.4 Å². The van der Waals surface area contributed by atoms with E-state index in [1.807, 2.05) is 0 Å². The van der Waals surface area contributed by atoms with Crippen LogP contribution in [-0.4, -0.2) is 14.9 Å². The summed E-state index contributed by atoms with van der Waals surface area (Å²) in [5.41, 5.74) is -2.22. The molecule has 0 bridgehead atoms. The molecule has 7 heteroatoms. The SMILES string of the molecule is Cn1nc(C(F)(F)F)c(C#N)c1O. The highest BCUT2D eigenvalue weighted by Crippen LogP contribution is 2.33. The van der Waals surface area contributed by atoms with Gasteiger partial charge in [-0.05, 0) is 0 Å². The van der Waals surface area contributed by atoms with E-state index in [-0.39, 0.29) is 0 Å². The van der Waals surface area contributed by atoms with Crippen LogP contribution < -0.4 is 0 Å². The Balaban J connectivity index is 3.41. The van der Waals surface area contributed by atoms with Crippen LogP contribution in [0.5, 0.6) is 5.88 Å². The molecule has 1 aromatic heterocycles. The topological polar surface area (TPSA) is 61.8 Å². The second-order valence-electron chi connectivity index (χ2n) is 2.28. The minimum absolute atomic E-state index is 0.599. The molecule has 0 amide bonds. The van der Waals surface area contributed by atoms with Gasteiger partial charge in [-0.15, -0.1) is 0 Å². The molecule has 1 N–H and O–H groups in total. The zero-order valence-corrected chi connectivity index (χ0v) is 6.42. The Morgan fingerprint density at radius 1 is 1.54 bits per heavy atom. The molecule has 0 atom stereocenters. The van der Waals surface area contributed by atoms with Crippen LogP contribution in [0.3, 0.4) is 0 Å². The first-order valence-corrected chi connectivity index (χ1v) is 3.11. The lowest BCUT2D eigenvalue weighted by molar-refractivity contribution is -0.141. The zero-order chi connectivity index (χ0) is 10.2. The summed E-state index contributed by atoms with van der Waals surface area (Å²) in [7, 11) is 1.12. The van der Waals surface area contributed by atoms with E-state index < -0.39 is 23.3 Å². The van der Waals surface area contributed by atoms with Crippen LogP contribution in [0.25, 0.3) is 0 Å². The molecule has 0 fully saturated rings. The second-order valence-corrected chi connectivity index (χ2v) is 2.28. The first-order chi connectivity index (χ1) is 5.88. The lowest BCUT2D eigenvalue weighted by Crippen LogP contribution is -2.08. The lowest BCUT2D eigenvalue weighted by Gasteiger charge is -2.00. The molecule has 0 unspecified atom stereocenters. The molecular formula is C6H4F3N3O. The maximum absolute atomic E-state index is 12.1. The predicted octanol–water partition coefficient (Wildman–Crippen LogP) is 1.02. The summed E-state index contributed by atoms with van der Waals surface area (Å²) in [5, 5.41) is 20.2. The van der Waals surface area contributed by atoms with Gasteiger partial charge in [0.05, 0.1) is 0 Å². The van der Waals surface area contributed by atoms with Crippen molar-refractivity contribution in [2.45, 2.75) is 6.18 Å². The number of alkyl halides is 3. The molecule has 0 saturated heterocycles. The summed E-state index contributed by atoms with van der Waals surface area (Å²) in [6, 6.07) is 1.24. The standard InChI is InChI=1S/C6H4F3N3O/c1-12-5(13)3(2-10)4(11-12)6(7,8)9/h13H,1H3. The number of rotatable bonds is 0. The van der Waals surface area contributed by atoms with Crippen molar-refractivity contribution in [3.05, 3.63) is 11.3 Å². The largest absolute Gasteiger partial charge is 0.492 e. The van der Waals surface area contributed by atoms with E-state index in [0.29, 0.717) is 4.68 Å². The van der Waals surface area contributed by atoms with Crippen LogP contribution in [0.2, 0.25) is 0 Å². The Labute approximate surface area is 70.8 Å². The van der Waals surface area contributed by atoms with E-state index in [0.717, 1.165) is 7.05 Å². The highest BCUT2D eigenvalue weighted by atomic mass is 19.4. The predicted molar refractivity (Wildman–Crippen MR) is 34.6 cm³/mol. The molecule has 1 rings (SSSR count). The van der Waals surface area contributed by atoms with E-state index in [1.165, 1.54) is 6.07 Å². The lowest BCUT2D eigenvalue weighted by atomic mass is 10.2. The van der Waals surface area contributed by atoms with Crippen molar-refractivity contribution >= 4 is 0 Å². The van der Waals surface area contributed by atoms with Gasteiger partial charge in [0.1, 0.15) is 11.6 Å². The van der Waals surface area contributed by atoms with Crippen molar-refractivity contribution in [3.8, 4) is 11.9 Å².